The van der Waals surface area contributed by atoms with E-state index < -0.39 is 34.8 Å². The molecular weight excluding hydrogens is 329 g/mol. The van der Waals surface area contributed by atoms with E-state index in [2.05, 4.69) is 0 Å². The summed E-state index contributed by atoms with van der Waals surface area (Å²) in [6.45, 7) is -0.621. The molecule has 0 spiro atoms. The van der Waals surface area contributed by atoms with Crippen LogP contribution < -0.4 is 0 Å². The fourth-order valence-electron chi connectivity index (χ4n) is 1.76. The molecule has 0 N–H and O–H groups in total. The van der Waals surface area contributed by atoms with E-state index in [4.69, 9.17) is 16.3 Å². The number of nitro benzene ring substituents is 1. The van der Waals surface area contributed by atoms with Crippen LogP contribution >= 0.6 is 11.6 Å². The summed E-state index contributed by atoms with van der Waals surface area (Å²) in [5.74, 6) is -2.09. The Kier molecular flexibility index (Phi) is 5.02. The minimum Gasteiger partial charge on any atom is -0.454 e. The number of nitrogens with zero attached hydrogens (tertiary/aromatic N) is 1. The lowest BCUT2D eigenvalue weighted by molar-refractivity contribution is -0.385. The van der Waals surface area contributed by atoms with Crippen molar-refractivity contribution in [3.05, 3.63) is 74.5 Å². The van der Waals surface area contributed by atoms with Gasteiger partial charge in [0.05, 0.1) is 4.92 Å². The van der Waals surface area contributed by atoms with Gasteiger partial charge in [-0.25, -0.2) is 9.18 Å². The molecule has 0 saturated carbocycles. The van der Waals surface area contributed by atoms with E-state index >= 15 is 0 Å². The van der Waals surface area contributed by atoms with Crippen LogP contribution in [0.25, 0.3) is 0 Å². The number of hydrogen-bond acceptors (Lipinski definition) is 5. The standard InChI is InChI=1S/C15H9ClFNO5/c16-10-3-6-12(13(7-10)18(21)22)15(20)23-8-14(19)9-1-4-11(17)5-2-9/h1-7H,8H2. The molecule has 8 heteroatoms. The van der Waals surface area contributed by atoms with Crippen molar-refractivity contribution in [2.24, 2.45) is 0 Å². The fraction of sp³-hybridized carbons (Fsp3) is 0.0667. The zero-order chi connectivity index (χ0) is 17.0. The van der Waals surface area contributed by atoms with Crippen molar-refractivity contribution >= 4 is 29.0 Å². The van der Waals surface area contributed by atoms with E-state index in [0.29, 0.717) is 0 Å². The van der Waals surface area contributed by atoms with Crippen LogP contribution in [0.5, 0.6) is 0 Å². The third kappa shape index (κ3) is 4.10. The Bertz CT molecular complexity index is 776. The second kappa shape index (κ2) is 6.97. The maximum Gasteiger partial charge on any atom is 0.345 e. The first-order valence-electron chi connectivity index (χ1n) is 6.28. The van der Waals surface area contributed by atoms with Gasteiger partial charge >= 0.3 is 5.97 Å². The molecule has 2 aromatic rings. The average Bonchev–Trinajstić information content (AvgIpc) is 2.52. The van der Waals surface area contributed by atoms with Crippen molar-refractivity contribution in [1.82, 2.24) is 0 Å². The normalized spacial score (nSPS) is 10.2. The maximum atomic E-state index is 12.8. The predicted molar refractivity (Wildman–Crippen MR) is 79.1 cm³/mol. The quantitative estimate of drug-likeness (QED) is 0.361. The van der Waals surface area contributed by atoms with Gasteiger partial charge in [0, 0.05) is 16.7 Å². The van der Waals surface area contributed by atoms with Gasteiger partial charge in [0.15, 0.2) is 12.4 Å². The lowest BCUT2D eigenvalue weighted by Crippen LogP contribution is -2.15. The van der Waals surface area contributed by atoms with Crippen molar-refractivity contribution in [2.75, 3.05) is 6.61 Å². The number of Topliss-reactive ketones (excluding diaryl/α,β-unsaturated/α-hetero) is 1. The third-order valence-corrected chi connectivity index (χ3v) is 3.11. The van der Waals surface area contributed by atoms with Crippen molar-refractivity contribution < 1.29 is 23.6 Å². The number of halogens is 2. The molecule has 0 amide bonds. The number of ether oxygens (including phenoxy) is 1. The summed E-state index contributed by atoms with van der Waals surface area (Å²) >= 11 is 5.64. The molecule has 0 aromatic heterocycles. The van der Waals surface area contributed by atoms with E-state index in [0.717, 1.165) is 24.3 Å². The molecule has 0 bridgehead atoms. The molecule has 0 saturated heterocycles. The van der Waals surface area contributed by atoms with E-state index in [9.17, 15) is 24.1 Å². The van der Waals surface area contributed by atoms with Crippen LogP contribution in [0.2, 0.25) is 5.02 Å². The monoisotopic (exact) mass is 337 g/mol. The number of benzene rings is 2. The molecule has 2 aromatic carbocycles. The molecule has 0 unspecified atom stereocenters. The Morgan fingerprint density at radius 3 is 2.43 bits per heavy atom. The Morgan fingerprint density at radius 1 is 1.17 bits per heavy atom. The lowest BCUT2D eigenvalue weighted by Gasteiger charge is -2.05. The molecule has 23 heavy (non-hydrogen) atoms. The molecule has 0 atom stereocenters. The number of ketones is 1. The van der Waals surface area contributed by atoms with Crippen LogP contribution in [0.4, 0.5) is 10.1 Å². The molecule has 0 aliphatic rings. The van der Waals surface area contributed by atoms with E-state index in [1.165, 1.54) is 18.2 Å². The van der Waals surface area contributed by atoms with Gasteiger partial charge in [-0.15, -0.1) is 0 Å². The zero-order valence-corrected chi connectivity index (χ0v) is 12.2. The Hall–Kier alpha value is -2.80. The average molecular weight is 338 g/mol. The summed E-state index contributed by atoms with van der Waals surface area (Å²) < 4.78 is 17.5. The summed E-state index contributed by atoms with van der Waals surface area (Å²) in [7, 11) is 0. The molecule has 6 nitrogen and oxygen atoms in total. The molecule has 0 aliphatic heterocycles. The smallest absolute Gasteiger partial charge is 0.345 e. The Morgan fingerprint density at radius 2 is 1.83 bits per heavy atom. The highest BCUT2D eigenvalue weighted by Gasteiger charge is 2.22. The van der Waals surface area contributed by atoms with E-state index in [-0.39, 0.29) is 16.1 Å². The summed E-state index contributed by atoms with van der Waals surface area (Å²) in [5.41, 5.74) is -0.673. The molecule has 0 radical (unpaired) electrons. The van der Waals surface area contributed by atoms with Gasteiger partial charge in [0.25, 0.3) is 5.69 Å². The van der Waals surface area contributed by atoms with Crippen LogP contribution in [0, 0.1) is 15.9 Å². The number of nitro groups is 1. The van der Waals surface area contributed by atoms with Gasteiger partial charge in [-0.1, -0.05) is 11.6 Å². The second-order valence-corrected chi connectivity index (χ2v) is 4.86. The van der Waals surface area contributed by atoms with Gasteiger partial charge in [0.2, 0.25) is 0 Å². The van der Waals surface area contributed by atoms with Crippen molar-refractivity contribution in [3.63, 3.8) is 0 Å². The summed E-state index contributed by atoms with van der Waals surface area (Å²) in [5, 5.41) is 11.0. The van der Waals surface area contributed by atoms with Gasteiger partial charge in [-0.2, -0.15) is 0 Å². The minimum absolute atomic E-state index is 0.0932. The summed E-state index contributed by atoms with van der Waals surface area (Å²) in [6.07, 6.45) is 0. The van der Waals surface area contributed by atoms with Crippen molar-refractivity contribution in [3.8, 4) is 0 Å². The summed E-state index contributed by atoms with van der Waals surface area (Å²) in [4.78, 5) is 33.8. The lowest BCUT2D eigenvalue weighted by atomic mass is 10.1. The van der Waals surface area contributed by atoms with Crippen molar-refractivity contribution in [1.29, 1.82) is 0 Å². The highest BCUT2D eigenvalue weighted by Crippen LogP contribution is 2.23. The van der Waals surface area contributed by atoms with Crippen LogP contribution in [-0.2, 0) is 4.74 Å². The molecule has 0 fully saturated rings. The molecule has 0 aliphatic carbocycles. The molecule has 118 valence electrons. The number of hydrogen-bond donors (Lipinski definition) is 0. The largest absolute Gasteiger partial charge is 0.454 e. The van der Waals surface area contributed by atoms with Crippen LogP contribution in [0.1, 0.15) is 20.7 Å². The number of carbonyl (C=O) groups is 2. The molecule has 0 heterocycles. The van der Waals surface area contributed by atoms with Crippen molar-refractivity contribution in [2.45, 2.75) is 0 Å². The summed E-state index contributed by atoms with van der Waals surface area (Å²) in [6, 6.07) is 8.14. The Labute approximate surface area is 134 Å². The second-order valence-electron chi connectivity index (χ2n) is 4.42. The predicted octanol–water partition coefficient (Wildman–Crippen LogP) is 3.43. The zero-order valence-electron chi connectivity index (χ0n) is 11.5. The first kappa shape index (κ1) is 16.6. The van der Waals surface area contributed by atoms with Gasteiger partial charge < -0.3 is 4.74 Å². The first-order chi connectivity index (χ1) is 10.9. The number of carbonyl (C=O) groups excluding carboxylic acids is 2. The van der Waals surface area contributed by atoms with Gasteiger partial charge in [-0.05, 0) is 36.4 Å². The molecule has 2 rings (SSSR count). The number of esters is 1. The first-order valence-corrected chi connectivity index (χ1v) is 6.66. The topological polar surface area (TPSA) is 86.5 Å². The fourth-order valence-corrected chi connectivity index (χ4v) is 1.92. The Balaban J connectivity index is 2.09. The van der Waals surface area contributed by atoms with E-state index in [1.807, 2.05) is 0 Å². The number of rotatable bonds is 5. The van der Waals surface area contributed by atoms with Gasteiger partial charge in [-0.3, -0.25) is 14.9 Å². The molecular formula is C15H9ClFNO5. The van der Waals surface area contributed by atoms with Crippen LogP contribution in [0.15, 0.2) is 42.5 Å². The minimum atomic E-state index is -1.02. The SMILES string of the molecule is O=C(COC(=O)c1ccc(Cl)cc1[N+](=O)[O-])c1ccc(F)cc1. The highest BCUT2D eigenvalue weighted by molar-refractivity contribution is 6.31. The highest BCUT2D eigenvalue weighted by atomic mass is 35.5. The van der Waals surface area contributed by atoms with Gasteiger partial charge in [0.1, 0.15) is 11.4 Å². The maximum absolute atomic E-state index is 12.8. The third-order valence-electron chi connectivity index (χ3n) is 2.88. The van der Waals surface area contributed by atoms with E-state index in [1.54, 1.807) is 0 Å². The van der Waals surface area contributed by atoms with Crippen LogP contribution in [0.3, 0.4) is 0 Å². The van der Waals surface area contributed by atoms with Crippen LogP contribution in [-0.4, -0.2) is 23.3 Å².